The first-order chi connectivity index (χ1) is 58.7. The minimum Gasteiger partial charge on any atom is -0.481 e. The van der Waals surface area contributed by atoms with Crippen molar-refractivity contribution in [3.05, 3.63) is 0 Å². The summed E-state index contributed by atoms with van der Waals surface area (Å²) < 4.78 is 44.6. The summed E-state index contributed by atoms with van der Waals surface area (Å²) in [6, 6.07) is -13.2. The minimum absolute atomic E-state index is 0. The zero-order valence-electron chi connectivity index (χ0n) is 74.3. The van der Waals surface area contributed by atoms with Crippen LogP contribution in [0.1, 0.15) is 292 Å². The molecule has 0 spiro atoms. The third kappa shape index (κ3) is 62.5. The van der Waals surface area contributed by atoms with Gasteiger partial charge in [-0.3, -0.25) is 71.6 Å². The van der Waals surface area contributed by atoms with Crippen molar-refractivity contribution in [2.24, 2.45) is 34.0 Å². The van der Waals surface area contributed by atoms with Crippen LogP contribution in [0, 0.1) is 11.8 Å². The first-order valence-electron chi connectivity index (χ1n) is 44.2. The molecule has 10 amide bonds. The zero-order chi connectivity index (χ0) is 92.2. The van der Waals surface area contributed by atoms with Crippen molar-refractivity contribution in [2.75, 3.05) is 70.8 Å². The fourth-order valence-corrected chi connectivity index (χ4v) is 13.9. The van der Waals surface area contributed by atoms with Crippen molar-refractivity contribution >= 4 is 122 Å². The molecular weight excluding hydrogens is 1680 g/mol. The first-order valence-corrected chi connectivity index (χ1v) is 46.9. The number of primary amides is 1. The SMILES string of the molecule is CCCCCCCCCCCCCCCCCC(=O)OC[C@H](COP(=O)(O)OCCNC(=O)OCCOCCC(=O)N[C@@H](CS)C(=O)N[C@@H](CO)C(=O)N[C@@H](CCCN=C(N)N)C(=O)N[C@@H](CC(N)=O)C(=O)N[C@@H](CC(C)C)C(=O)N[C@H](C(=O)N[C@@H](CC(=O)O)C(=O)N[C@@H](CS)C(=O)O)[C@@H](C)CC)OC(=O)CCCCCCCCCCCCCCCCC.N. The molecule has 124 heavy (non-hydrogen) atoms. The number of aliphatic carboxylic acids is 2. The molecule has 42 heteroatoms. The number of unbranched alkanes of at least 4 members (excludes halogenated alkanes) is 28. The number of nitrogens with one attached hydrogen (secondary N) is 9. The zero-order valence-corrected chi connectivity index (χ0v) is 77.0. The van der Waals surface area contributed by atoms with Gasteiger partial charge >= 0.3 is 37.8 Å². The summed E-state index contributed by atoms with van der Waals surface area (Å²) in [4.78, 5) is 198. The van der Waals surface area contributed by atoms with Gasteiger partial charge in [0, 0.05) is 43.9 Å². The lowest BCUT2D eigenvalue weighted by Crippen LogP contribution is -2.61. The normalized spacial score (nSPS) is 14.1. The van der Waals surface area contributed by atoms with Gasteiger partial charge in [-0.2, -0.15) is 25.3 Å². The Labute approximate surface area is 743 Å². The average Bonchev–Trinajstić information content (AvgIpc) is 0.845. The average molecular weight is 1830 g/mol. The van der Waals surface area contributed by atoms with Crippen LogP contribution >= 0.6 is 33.1 Å². The topological polar surface area (TPSA) is 626 Å². The molecule has 0 aromatic carbocycles. The number of thiol groups is 2. The Balaban J connectivity index is 0. The smallest absolute Gasteiger partial charge is 0.472 e. The summed E-state index contributed by atoms with van der Waals surface area (Å²) in [6.07, 6.45) is 30.6. The Morgan fingerprint density at radius 3 is 1.35 bits per heavy atom. The van der Waals surface area contributed by atoms with Crippen molar-refractivity contribution in [1.82, 2.24) is 54.0 Å². The molecule has 0 aliphatic rings. The van der Waals surface area contributed by atoms with E-state index >= 15 is 0 Å². The number of carbonyl (C=O) groups excluding carboxylic acids is 12. The van der Waals surface area contributed by atoms with Crippen molar-refractivity contribution in [2.45, 2.75) is 346 Å². The lowest BCUT2D eigenvalue weighted by Gasteiger charge is -2.29. The van der Waals surface area contributed by atoms with Gasteiger partial charge in [0.2, 0.25) is 53.2 Å². The Kier molecular flexibility index (Phi) is 71.1. The number of nitrogens with two attached hydrogens (primary N) is 3. The Morgan fingerprint density at radius 1 is 0.452 bits per heavy atom. The van der Waals surface area contributed by atoms with Gasteiger partial charge in [-0.05, 0) is 43.9 Å². The lowest BCUT2D eigenvalue weighted by atomic mass is 9.96. The van der Waals surface area contributed by atoms with E-state index in [-0.39, 0.29) is 102 Å². The molecule has 0 aliphatic carbocycles. The number of amides is 10. The number of phosphoric acid groups is 1. The third-order valence-corrected chi connectivity index (χ3v) is 21.6. The Morgan fingerprint density at radius 2 is 0.887 bits per heavy atom. The maximum Gasteiger partial charge on any atom is 0.472 e. The second-order valence-corrected chi connectivity index (χ2v) is 33.5. The van der Waals surface area contributed by atoms with Crippen molar-refractivity contribution in [3.8, 4) is 0 Å². The molecule has 718 valence electrons. The maximum atomic E-state index is 14.2. The summed E-state index contributed by atoms with van der Waals surface area (Å²) in [5.41, 5.74) is 16.5. The van der Waals surface area contributed by atoms with E-state index in [4.69, 9.17) is 45.2 Å². The summed E-state index contributed by atoms with van der Waals surface area (Å²) in [5, 5.41) is 50.4. The van der Waals surface area contributed by atoms with Crippen molar-refractivity contribution < 1.29 is 120 Å². The molecule has 0 aliphatic heterocycles. The van der Waals surface area contributed by atoms with Crippen molar-refractivity contribution in [3.63, 3.8) is 0 Å². The van der Waals surface area contributed by atoms with E-state index < -0.39 is 196 Å². The minimum atomic E-state index is -4.82. The molecule has 22 N–H and O–H groups in total. The number of aliphatic hydroxyl groups excluding tert-OH is 1. The van der Waals surface area contributed by atoms with E-state index in [9.17, 15) is 91.9 Å². The molecule has 39 nitrogen and oxygen atoms in total. The molecule has 0 radical (unpaired) electrons. The molecule has 0 heterocycles. The second kappa shape index (κ2) is 74.4. The molecule has 0 saturated carbocycles. The molecule has 11 atom stereocenters. The van der Waals surface area contributed by atoms with Gasteiger partial charge in [-0.15, -0.1) is 0 Å². The van der Waals surface area contributed by atoms with Crippen LogP contribution in [-0.4, -0.2) is 235 Å². The van der Waals surface area contributed by atoms with E-state index in [0.29, 0.717) is 12.8 Å². The highest BCUT2D eigenvalue weighted by Crippen LogP contribution is 2.43. The van der Waals surface area contributed by atoms with Gasteiger partial charge < -0.3 is 110 Å². The standard InChI is InChI=1S/C82H150N13O25PS2.H3N/c1-7-10-12-14-16-18-20-22-24-26-28-30-32-34-36-40-70(101)117-53-59(120-71(102)41-37-35-33-31-29-27-25-23-21-19-17-15-13-11-8-2)54-119-121(113,114)118-46-44-87-82(112)116-48-47-115-45-42-68(98)88-65(55-122)78(108)93-64(52-96)77(107)89-60(39-38-43-86-81(84)85)73(103)91-62(50-67(83)97)74(104)90-61(49-57(4)5)76(106)95-72(58(6)9-3)79(109)92-63(51-69(99)100)75(105)94-66(56-123)80(110)111;/h57-66,72,96,122-123H,7-56H2,1-6H3,(H2,83,97)(H,87,112)(H,88,98)(H,89,107)(H,90,104)(H,91,103)(H,92,109)(H,93,108)(H,94,105)(H,95,106)(H,99,100)(H,110,111)(H,113,114)(H4,84,85,86);1H3/t58-,59+,60-,61-,62-,63-,64-,65-,66-,72-;/m0./s1. The van der Waals surface area contributed by atoms with Crippen LogP contribution in [0.5, 0.6) is 0 Å². The number of carboxylic acids is 2. The quantitative estimate of drug-likeness (QED) is 0.00572. The number of ether oxygens (including phenoxy) is 4. The Bertz CT molecular complexity index is 3150. The van der Waals surface area contributed by atoms with Crippen LogP contribution in [0.3, 0.4) is 0 Å². The predicted octanol–water partition coefficient (Wildman–Crippen LogP) is 6.70. The molecule has 0 fully saturated rings. The summed E-state index contributed by atoms with van der Waals surface area (Å²) in [7, 11) is -4.82. The van der Waals surface area contributed by atoms with E-state index in [1.54, 1.807) is 27.7 Å². The van der Waals surface area contributed by atoms with Crippen LogP contribution in [0.25, 0.3) is 0 Å². The summed E-state index contributed by atoms with van der Waals surface area (Å²) in [6.45, 7) is 7.07. The number of aliphatic hydroxyl groups is 1. The highest BCUT2D eigenvalue weighted by Gasteiger charge is 2.38. The fourth-order valence-electron chi connectivity index (χ4n) is 12.6. The molecule has 1 unspecified atom stereocenters. The largest absolute Gasteiger partial charge is 0.481 e. The van der Waals surface area contributed by atoms with Crippen LogP contribution in [-0.2, 0) is 94.9 Å². The number of carboxylic acid groups (broad SMARTS) is 2. The van der Waals surface area contributed by atoms with Gasteiger partial charge in [0.1, 0.15) is 61.5 Å². The first kappa shape index (κ1) is 118. The second-order valence-electron chi connectivity index (χ2n) is 31.3. The number of nitrogens with zero attached hydrogens (tertiary/aromatic N) is 1. The highest BCUT2D eigenvalue weighted by molar-refractivity contribution is 7.80. The van der Waals surface area contributed by atoms with Crippen LogP contribution in [0.2, 0.25) is 0 Å². The van der Waals surface area contributed by atoms with Crippen LogP contribution < -0.4 is 71.2 Å². The molecule has 0 saturated heterocycles. The number of phosphoric ester groups is 1. The van der Waals surface area contributed by atoms with Crippen molar-refractivity contribution in [1.29, 1.82) is 0 Å². The summed E-state index contributed by atoms with van der Waals surface area (Å²) in [5.74, 6) is -15.9. The maximum absolute atomic E-state index is 14.2. The monoisotopic (exact) mass is 1830 g/mol. The molecular formula is C82H153N14O25PS2. The van der Waals surface area contributed by atoms with E-state index in [1.807, 2.05) is 0 Å². The van der Waals surface area contributed by atoms with E-state index in [0.717, 1.165) is 51.4 Å². The number of rotatable bonds is 79. The third-order valence-electron chi connectivity index (χ3n) is 19.9. The molecule has 0 aromatic rings. The predicted molar refractivity (Wildman–Crippen MR) is 474 cm³/mol. The lowest BCUT2D eigenvalue weighted by molar-refractivity contribution is -0.161. The number of hydrogen-bond acceptors (Lipinski definition) is 26. The number of aliphatic imine (C=N–C) groups is 1. The molecule has 0 rings (SSSR count). The van der Waals surface area contributed by atoms with Gasteiger partial charge in [0.05, 0.1) is 45.9 Å². The number of carbonyl (C=O) groups is 14. The fraction of sp³-hybridized carbons (Fsp3) is 0.817. The molecule has 0 aromatic heterocycles. The van der Waals surface area contributed by atoms with Gasteiger partial charge in [-0.1, -0.05) is 228 Å². The number of hydrogen-bond donors (Lipinski definition) is 19. The van der Waals surface area contributed by atoms with E-state index in [1.165, 1.54) is 128 Å². The van der Waals surface area contributed by atoms with Gasteiger partial charge in [0.25, 0.3) is 0 Å². The van der Waals surface area contributed by atoms with E-state index in [2.05, 4.69) is 91.9 Å². The number of alkyl carbamates (subject to hydrolysis) is 1. The van der Waals surface area contributed by atoms with Gasteiger partial charge in [0.15, 0.2) is 12.1 Å². The highest BCUT2D eigenvalue weighted by atomic mass is 32.1. The summed E-state index contributed by atoms with van der Waals surface area (Å²) >= 11 is 8.03. The van der Waals surface area contributed by atoms with Gasteiger partial charge in [-0.25, -0.2) is 14.2 Å². The number of esters is 2. The van der Waals surface area contributed by atoms with Crippen LogP contribution in [0.15, 0.2) is 4.99 Å². The number of guanidine groups is 1. The Hall–Kier alpha value is -7.66. The van der Waals surface area contributed by atoms with Crippen LogP contribution in [0.4, 0.5) is 4.79 Å². The molecule has 0 bridgehead atoms.